The van der Waals surface area contributed by atoms with Gasteiger partial charge in [-0.25, -0.2) is 47.0 Å². The summed E-state index contributed by atoms with van der Waals surface area (Å²) in [6.45, 7) is 2.29. The number of nitrogens with zero attached hydrogens (tertiary/aromatic N) is 6. The van der Waals surface area contributed by atoms with Crippen LogP contribution >= 0.6 is 0 Å². The van der Waals surface area contributed by atoms with E-state index in [-0.39, 0.29) is 24.6 Å². The van der Waals surface area contributed by atoms with Crippen LogP contribution in [0.2, 0.25) is 0 Å². The Kier molecular flexibility index (Phi) is 4.23. The van der Waals surface area contributed by atoms with E-state index in [0.717, 1.165) is 9.13 Å². The van der Waals surface area contributed by atoms with Gasteiger partial charge >= 0.3 is 22.8 Å². The van der Waals surface area contributed by atoms with E-state index in [1.54, 1.807) is 19.1 Å². The summed E-state index contributed by atoms with van der Waals surface area (Å²) in [6, 6.07) is 3.37. The molecule has 0 fully saturated rings. The molecule has 3 aromatic rings. The van der Waals surface area contributed by atoms with Gasteiger partial charge < -0.3 is 9.84 Å². The zero-order chi connectivity index (χ0) is 22.9. The van der Waals surface area contributed by atoms with Crippen LogP contribution in [0.15, 0.2) is 49.0 Å². The van der Waals surface area contributed by atoms with Crippen molar-refractivity contribution in [3.05, 3.63) is 77.3 Å². The van der Waals surface area contributed by atoms with E-state index < -0.39 is 34.8 Å². The molecule has 2 aliphatic rings. The maximum Gasteiger partial charge on any atom is 0.347 e. The van der Waals surface area contributed by atoms with Crippen molar-refractivity contribution in [1.82, 2.24) is 27.9 Å². The fourth-order valence-electron chi connectivity index (χ4n) is 4.65. The molecule has 2 aliphatic heterocycles. The maximum atomic E-state index is 13.0. The number of rotatable bonds is 3. The predicted octanol–water partition coefficient (Wildman–Crippen LogP) is -1.10. The molecule has 4 heterocycles. The Morgan fingerprint density at radius 1 is 0.969 bits per heavy atom. The molecular formula is C20H22N6O6. The number of ether oxygens (including phenoxy) is 1. The lowest BCUT2D eigenvalue weighted by atomic mass is 9.90. The number of benzene rings is 1. The minimum absolute atomic E-state index is 0.0248. The molecule has 0 saturated heterocycles. The van der Waals surface area contributed by atoms with Crippen molar-refractivity contribution >= 4 is 0 Å². The van der Waals surface area contributed by atoms with Gasteiger partial charge in [0.1, 0.15) is 6.04 Å². The van der Waals surface area contributed by atoms with Gasteiger partial charge in [-0.2, -0.15) is 0 Å². The van der Waals surface area contributed by atoms with Crippen LogP contribution in [-0.2, 0) is 27.2 Å². The number of aromatic hydroxyl groups is 1. The van der Waals surface area contributed by atoms with Crippen molar-refractivity contribution in [3.8, 4) is 11.5 Å². The zero-order valence-corrected chi connectivity index (χ0v) is 17.8. The number of allylic oxidation sites excluding steroid dienone is 2. The number of hydrogen-bond donors (Lipinski definition) is 1. The van der Waals surface area contributed by atoms with E-state index in [9.17, 15) is 24.3 Å². The predicted molar refractivity (Wildman–Crippen MR) is 112 cm³/mol. The second-order valence-electron chi connectivity index (χ2n) is 7.88. The molecule has 0 amide bonds. The van der Waals surface area contributed by atoms with Gasteiger partial charge in [-0.05, 0) is 30.2 Å². The lowest BCUT2D eigenvalue weighted by Gasteiger charge is -2.37. The smallest absolute Gasteiger partial charge is 0.347 e. The highest BCUT2D eigenvalue weighted by Crippen LogP contribution is 2.40. The van der Waals surface area contributed by atoms with Gasteiger partial charge in [0.25, 0.3) is 0 Å². The summed E-state index contributed by atoms with van der Waals surface area (Å²) < 4.78 is 12.9. The fraction of sp³-hybridized carbons (Fsp3) is 0.400. The molecule has 0 bridgehead atoms. The van der Waals surface area contributed by atoms with E-state index in [1.807, 2.05) is 6.08 Å². The van der Waals surface area contributed by atoms with Gasteiger partial charge in [0.15, 0.2) is 11.5 Å². The van der Waals surface area contributed by atoms with Gasteiger partial charge in [-0.3, -0.25) is 0 Å². The number of aromatic nitrogens is 6. The summed E-state index contributed by atoms with van der Waals surface area (Å²) in [6.07, 6.45) is 1.82. The Labute approximate surface area is 180 Å². The van der Waals surface area contributed by atoms with E-state index in [2.05, 4.69) is 0 Å². The van der Waals surface area contributed by atoms with Crippen molar-refractivity contribution in [1.29, 1.82) is 0 Å². The third-order valence-corrected chi connectivity index (χ3v) is 6.19. The lowest BCUT2D eigenvalue weighted by molar-refractivity contribution is 0.245. The molecular weight excluding hydrogens is 420 g/mol. The Balaban J connectivity index is 1.80. The number of phenolic OH excluding ortho intramolecular Hbond substituents is 1. The van der Waals surface area contributed by atoms with Crippen molar-refractivity contribution in [2.24, 2.45) is 14.1 Å². The van der Waals surface area contributed by atoms with Crippen molar-refractivity contribution < 1.29 is 9.84 Å². The van der Waals surface area contributed by atoms with E-state index in [4.69, 9.17) is 4.74 Å². The van der Waals surface area contributed by atoms with Crippen LogP contribution in [0, 0.1) is 0 Å². The van der Waals surface area contributed by atoms with Crippen LogP contribution < -0.4 is 27.5 Å². The molecule has 0 radical (unpaired) electrons. The number of fused-ring (bicyclic) bond motifs is 4. The molecule has 2 unspecified atom stereocenters. The highest BCUT2D eigenvalue weighted by atomic mass is 16.5. The molecule has 168 valence electrons. The first kappa shape index (κ1) is 20.0. The van der Waals surface area contributed by atoms with Crippen LogP contribution in [0.3, 0.4) is 0 Å². The normalized spacial score (nSPS) is 19.2. The fourth-order valence-corrected chi connectivity index (χ4v) is 4.65. The molecule has 5 rings (SSSR count). The highest BCUT2D eigenvalue weighted by molar-refractivity contribution is 5.45. The number of hydrogen-bond acceptors (Lipinski definition) is 6. The Bertz CT molecular complexity index is 1520. The summed E-state index contributed by atoms with van der Waals surface area (Å²) >= 11 is 0. The van der Waals surface area contributed by atoms with Crippen molar-refractivity contribution in [3.63, 3.8) is 0 Å². The van der Waals surface area contributed by atoms with E-state index >= 15 is 0 Å². The average Bonchev–Trinajstić information content (AvgIpc) is 3.14. The Hall–Kier alpha value is -3.96. The second kappa shape index (κ2) is 6.77. The molecule has 1 N–H and O–H groups in total. The third-order valence-electron chi connectivity index (χ3n) is 6.19. The summed E-state index contributed by atoms with van der Waals surface area (Å²) in [5.74, 6) is 0.196. The summed E-state index contributed by atoms with van der Waals surface area (Å²) in [5.41, 5.74) is -0.666. The minimum Gasteiger partial charge on any atom is -0.504 e. The molecule has 1 aromatic carbocycles. The molecule has 2 atom stereocenters. The van der Waals surface area contributed by atoms with Crippen molar-refractivity contribution in [2.45, 2.75) is 32.1 Å². The molecule has 12 nitrogen and oxygen atoms in total. The van der Waals surface area contributed by atoms with Crippen LogP contribution in [0.4, 0.5) is 0 Å². The summed E-state index contributed by atoms with van der Waals surface area (Å²) in [7, 11) is 2.80. The first-order valence-electron chi connectivity index (χ1n) is 10.2. The second-order valence-corrected chi connectivity index (χ2v) is 7.88. The maximum absolute atomic E-state index is 13.0. The summed E-state index contributed by atoms with van der Waals surface area (Å²) in [5, 5.41) is 10.1. The molecule has 12 heteroatoms. The molecule has 0 spiro atoms. The van der Waals surface area contributed by atoms with Gasteiger partial charge in [-0.1, -0.05) is 12.1 Å². The molecule has 0 saturated carbocycles. The van der Waals surface area contributed by atoms with E-state index in [1.165, 1.54) is 38.9 Å². The first-order chi connectivity index (χ1) is 15.3. The minimum atomic E-state index is -0.731. The topological polar surface area (TPSA) is 127 Å². The molecule has 32 heavy (non-hydrogen) atoms. The SMILES string of the molecule is CCOc1cc(C2C3=CCn4c(=O)n(C)c(=O)n4C3Cn3c(=O)n(C)c(=O)n32)ccc1O. The standard InChI is InChI=1S/C20H22N6O6/c1-4-32-15-9-11(5-6-14(15)27)16-12-7-8-23-17(28)21(2)19(30)25(23)13(12)10-24-18(29)22(3)20(31)26(16)24/h5-7,9,13,16,27H,4,8,10H2,1-3H3. The van der Waals surface area contributed by atoms with Crippen LogP contribution in [0.1, 0.15) is 24.6 Å². The zero-order valence-electron chi connectivity index (χ0n) is 17.8. The quantitative estimate of drug-likeness (QED) is 0.513. The average molecular weight is 442 g/mol. The monoisotopic (exact) mass is 442 g/mol. The first-order valence-corrected chi connectivity index (χ1v) is 10.2. The number of phenols is 1. The van der Waals surface area contributed by atoms with Gasteiger partial charge in [0.2, 0.25) is 0 Å². The van der Waals surface area contributed by atoms with Crippen LogP contribution in [0.5, 0.6) is 11.5 Å². The Morgan fingerprint density at radius 3 is 2.31 bits per heavy atom. The van der Waals surface area contributed by atoms with Gasteiger partial charge in [-0.15, -0.1) is 0 Å². The largest absolute Gasteiger partial charge is 0.504 e. The van der Waals surface area contributed by atoms with Gasteiger partial charge in [0, 0.05) is 14.1 Å². The Morgan fingerprint density at radius 2 is 1.62 bits per heavy atom. The van der Waals surface area contributed by atoms with Crippen LogP contribution in [0.25, 0.3) is 0 Å². The van der Waals surface area contributed by atoms with E-state index in [0.29, 0.717) is 17.7 Å². The van der Waals surface area contributed by atoms with Crippen LogP contribution in [-0.4, -0.2) is 39.6 Å². The molecule has 0 aliphatic carbocycles. The van der Waals surface area contributed by atoms with Crippen molar-refractivity contribution in [2.75, 3.05) is 6.61 Å². The lowest BCUT2D eigenvalue weighted by Crippen LogP contribution is -2.46. The molecule has 2 aromatic heterocycles. The van der Waals surface area contributed by atoms with Gasteiger partial charge in [0.05, 0.1) is 25.7 Å². The third kappa shape index (κ3) is 2.49. The summed E-state index contributed by atoms with van der Waals surface area (Å²) in [4.78, 5) is 51.2. The highest BCUT2D eigenvalue weighted by Gasteiger charge is 2.40.